The van der Waals surface area contributed by atoms with Gasteiger partial charge in [0.2, 0.25) is 0 Å². The fourth-order valence-corrected chi connectivity index (χ4v) is 2.00. The van der Waals surface area contributed by atoms with E-state index in [1.807, 2.05) is 0 Å². The third kappa shape index (κ3) is 4.79. The molecule has 1 aromatic rings. The molecule has 0 aliphatic rings. The molecule has 0 aliphatic carbocycles. The predicted molar refractivity (Wildman–Crippen MR) is 80.2 cm³/mol. The number of aromatic nitrogens is 2. The molecule has 1 heterocycles. The van der Waals surface area contributed by atoms with Crippen LogP contribution in [-0.4, -0.2) is 40.9 Å². The number of nitrogens with one attached hydrogen (secondary N) is 1. The van der Waals surface area contributed by atoms with E-state index in [0.29, 0.717) is 18.0 Å². The number of terminal acetylenes is 1. The predicted octanol–water partition coefficient (Wildman–Crippen LogP) is 0.848. The van der Waals surface area contributed by atoms with Gasteiger partial charge in [-0.25, -0.2) is 4.68 Å². The van der Waals surface area contributed by atoms with Crippen molar-refractivity contribution >= 4 is 35.0 Å². The highest BCUT2D eigenvalue weighted by molar-refractivity contribution is 7.99. The van der Waals surface area contributed by atoms with Gasteiger partial charge in [0.25, 0.3) is 5.56 Å². The van der Waals surface area contributed by atoms with Crippen LogP contribution in [0.3, 0.4) is 0 Å². The number of anilines is 1. The van der Waals surface area contributed by atoms with Crippen molar-refractivity contribution in [2.24, 2.45) is 0 Å². The van der Waals surface area contributed by atoms with E-state index >= 15 is 0 Å². The van der Waals surface area contributed by atoms with Gasteiger partial charge in [-0.05, 0) is 0 Å². The van der Waals surface area contributed by atoms with Crippen molar-refractivity contribution in [2.45, 2.75) is 6.54 Å². The van der Waals surface area contributed by atoms with Crippen molar-refractivity contribution in [3.8, 4) is 12.3 Å². The first-order chi connectivity index (χ1) is 9.60. The molecule has 0 amide bonds. The van der Waals surface area contributed by atoms with E-state index in [2.05, 4.69) is 21.1 Å². The maximum Gasteiger partial charge on any atom is 0.327 e. The van der Waals surface area contributed by atoms with Gasteiger partial charge in [-0.1, -0.05) is 17.5 Å². The van der Waals surface area contributed by atoms with Crippen molar-refractivity contribution in [1.82, 2.24) is 9.78 Å². The van der Waals surface area contributed by atoms with Crippen LogP contribution in [0.4, 0.5) is 5.69 Å². The molecule has 0 unspecified atom stereocenters. The normalized spacial score (nSPS) is 9.85. The summed E-state index contributed by atoms with van der Waals surface area (Å²) in [4.78, 5) is 23.0. The molecule has 6 nitrogen and oxygen atoms in total. The molecule has 0 saturated carbocycles. The van der Waals surface area contributed by atoms with Gasteiger partial charge in [-0.2, -0.15) is 5.10 Å². The molecular formula is C12H14ClN3O3S. The Kier molecular flexibility index (Phi) is 6.98. The summed E-state index contributed by atoms with van der Waals surface area (Å²) in [5, 5.41) is 6.84. The fourth-order valence-electron chi connectivity index (χ4n) is 1.28. The lowest BCUT2D eigenvalue weighted by Crippen LogP contribution is -2.28. The van der Waals surface area contributed by atoms with Crippen molar-refractivity contribution < 1.29 is 9.53 Å². The van der Waals surface area contributed by atoms with Crippen molar-refractivity contribution in [2.75, 3.05) is 30.5 Å². The number of ether oxygens (including phenoxy) is 1. The smallest absolute Gasteiger partial charge is 0.327 e. The molecule has 0 aliphatic heterocycles. The van der Waals surface area contributed by atoms with Gasteiger partial charge in [0.15, 0.2) is 0 Å². The standard InChI is InChI=1S/C12H14ClN3O3S/c1-3-5-20-6-4-14-9-7-15-16(8-10(17)19-2)12(18)11(9)13/h1,7,14H,4-6,8H2,2H3. The number of esters is 1. The molecule has 0 fully saturated rings. The SMILES string of the molecule is C#CCSCCNc1cnn(CC(=O)OC)c(=O)c1Cl. The summed E-state index contributed by atoms with van der Waals surface area (Å²) in [5.41, 5.74) is -0.113. The number of rotatable bonds is 7. The van der Waals surface area contributed by atoms with Gasteiger partial charge in [0.05, 0.1) is 24.7 Å². The Bertz CT molecular complexity index is 568. The van der Waals surface area contributed by atoms with Crippen molar-refractivity contribution in [3.63, 3.8) is 0 Å². The average molecular weight is 316 g/mol. The monoisotopic (exact) mass is 315 g/mol. The highest BCUT2D eigenvalue weighted by atomic mass is 35.5. The highest BCUT2D eigenvalue weighted by Crippen LogP contribution is 2.15. The minimum Gasteiger partial charge on any atom is -0.468 e. The molecule has 8 heteroatoms. The molecular weight excluding hydrogens is 302 g/mol. The highest BCUT2D eigenvalue weighted by Gasteiger charge is 2.11. The van der Waals surface area contributed by atoms with Crippen LogP contribution in [0.2, 0.25) is 5.02 Å². The van der Waals surface area contributed by atoms with E-state index in [9.17, 15) is 9.59 Å². The zero-order valence-electron chi connectivity index (χ0n) is 10.9. The number of hydrogen-bond acceptors (Lipinski definition) is 6. The van der Waals surface area contributed by atoms with E-state index < -0.39 is 11.5 Å². The van der Waals surface area contributed by atoms with E-state index in [1.54, 1.807) is 11.8 Å². The minimum absolute atomic E-state index is 0.00847. The van der Waals surface area contributed by atoms with Crippen molar-refractivity contribution in [3.05, 3.63) is 21.6 Å². The van der Waals surface area contributed by atoms with Crippen LogP contribution in [0.25, 0.3) is 0 Å². The number of hydrogen-bond donors (Lipinski definition) is 1. The minimum atomic E-state index is -0.568. The number of carbonyl (C=O) groups is 1. The number of carbonyl (C=O) groups excluding carboxylic acids is 1. The van der Waals surface area contributed by atoms with Gasteiger partial charge in [-0.3, -0.25) is 9.59 Å². The molecule has 0 radical (unpaired) electrons. The quantitative estimate of drug-likeness (QED) is 0.457. The lowest BCUT2D eigenvalue weighted by atomic mass is 10.4. The fraction of sp³-hybridized carbons (Fsp3) is 0.417. The van der Waals surface area contributed by atoms with Gasteiger partial charge < -0.3 is 10.1 Å². The average Bonchev–Trinajstić information content (AvgIpc) is 2.45. The summed E-state index contributed by atoms with van der Waals surface area (Å²) < 4.78 is 5.42. The maximum absolute atomic E-state index is 11.9. The molecule has 1 rings (SSSR count). The van der Waals surface area contributed by atoms with Crippen LogP contribution < -0.4 is 10.9 Å². The van der Waals surface area contributed by atoms with Crippen LogP contribution in [0.1, 0.15) is 0 Å². The summed E-state index contributed by atoms with van der Waals surface area (Å²) in [6.45, 7) is 0.335. The molecule has 108 valence electrons. The summed E-state index contributed by atoms with van der Waals surface area (Å²) in [6.07, 6.45) is 6.53. The Labute approximate surface area is 125 Å². The Balaban J connectivity index is 2.67. The lowest BCUT2D eigenvalue weighted by Gasteiger charge is -2.09. The number of nitrogens with zero attached hydrogens (tertiary/aromatic N) is 2. The van der Waals surface area contributed by atoms with Crippen LogP contribution in [0.15, 0.2) is 11.0 Å². The number of methoxy groups -OCH3 is 1. The molecule has 1 N–H and O–H groups in total. The largest absolute Gasteiger partial charge is 0.468 e. The summed E-state index contributed by atoms with van der Waals surface area (Å²) in [7, 11) is 1.23. The molecule has 1 aromatic heterocycles. The first-order valence-corrected chi connectivity index (χ1v) is 7.21. The second-order valence-corrected chi connectivity index (χ2v) is 5.08. The van der Waals surface area contributed by atoms with Gasteiger partial charge in [0, 0.05) is 12.3 Å². The third-order valence-electron chi connectivity index (χ3n) is 2.24. The van der Waals surface area contributed by atoms with Gasteiger partial charge >= 0.3 is 5.97 Å². The first-order valence-electron chi connectivity index (χ1n) is 5.67. The van der Waals surface area contributed by atoms with Crippen molar-refractivity contribution in [1.29, 1.82) is 0 Å². The maximum atomic E-state index is 11.9. The Hall–Kier alpha value is -1.65. The zero-order chi connectivity index (χ0) is 15.0. The van der Waals surface area contributed by atoms with E-state index in [-0.39, 0.29) is 11.6 Å². The molecule has 0 spiro atoms. The number of thioether (sulfide) groups is 1. The Morgan fingerprint density at radius 2 is 2.45 bits per heavy atom. The Morgan fingerprint density at radius 1 is 1.70 bits per heavy atom. The van der Waals surface area contributed by atoms with Crippen LogP contribution in [-0.2, 0) is 16.1 Å². The topological polar surface area (TPSA) is 73.2 Å². The van der Waals surface area contributed by atoms with E-state index in [4.69, 9.17) is 18.0 Å². The van der Waals surface area contributed by atoms with Crippen LogP contribution >= 0.6 is 23.4 Å². The van der Waals surface area contributed by atoms with Gasteiger partial charge in [-0.15, -0.1) is 18.2 Å². The van der Waals surface area contributed by atoms with Crippen LogP contribution in [0, 0.1) is 12.3 Å². The zero-order valence-corrected chi connectivity index (χ0v) is 12.5. The molecule has 0 aromatic carbocycles. The molecule has 0 bridgehead atoms. The summed E-state index contributed by atoms with van der Waals surface area (Å²) in [5.74, 6) is 3.37. The lowest BCUT2D eigenvalue weighted by molar-refractivity contribution is -0.141. The third-order valence-corrected chi connectivity index (χ3v) is 3.47. The molecule has 0 saturated heterocycles. The second kappa shape index (κ2) is 8.51. The van der Waals surface area contributed by atoms with E-state index in [0.717, 1.165) is 10.4 Å². The second-order valence-electron chi connectivity index (χ2n) is 3.59. The molecule has 20 heavy (non-hydrogen) atoms. The summed E-state index contributed by atoms with van der Waals surface area (Å²) in [6, 6.07) is 0. The number of halogens is 1. The summed E-state index contributed by atoms with van der Waals surface area (Å²) >= 11 is 7.53. The van der Waals surface area contributed by atoms with Gasteiger partial charge in [0.1, 0.15) is 11.6 Å². The van der Waals surface area contributed by atoms with E-state index in [1.165, 1.54) is 13.3 Å². The molecule has 0 atom stereocenters. The van der Waals surface area contributed by atoms with Crippen LogP contribution in [0.5, 0.6) is 0 Å². The Morgan fingerprint density at radius 3 is 3.10 bits per heavy atom. The first kappa shape index (κ1) is 16.4.